The van der Waals surface area contributed by atoms with Gasteiger partial charge in [0.05, 0.1) is 8.95 Å². The number of hydrogen-bond donors (Lipinski definition) is 2. The fourth-order valence-corrected chi connectivity index (χ4v) is 2.08. The standard InChI is InChI=1S/C12H11Br2FN4/c1-2-16-12-17-6-9(14)11(19-12)18-7-3-4-10(15)8(13)5-7/h3-6H,2H2,1H3,(H2,16,17,18,19). The maximum absolute atomic E-state index is 13.2. The van der Waals surface area contributed by atoms with Crippen LogP contribution in [0.3, 0.4) is 0 Å². The minimum atomic E-state index is -0.305. The molecule has 0 aliphatic heterocycles. The van der Waals surface area contributed by atoms with E-state index in [1.807, 2.05) is 6.92 Å². The molecule has 0 spiro atoms. The fourth-order valence-electron chi connectivity index (χ4n) is 1.41. The Balaban J connectivity index is 2.26. The van der Waals surface area contributed by atoms with Crippen LogP contribution in [0, 0.1) is 5.82 Å². The van der Waals surface area contributed by atoms with Crippen molar-refractivity contribution in [2.24, 2.45) is 0 Å². The Labute approximate surface area is 127 Å². The zero-order chi connectivity index (χ0) is 13.8. The third kappa shape index (κ3) is 3.63. The summed E-state index contributed by atoms with van der Waals surface area (Å²) in [4.78, 5) is 8.44. The lowest BCUT2D eigenvalue weighted by Gasteiger charge is -2.10. The molecule has 100 valence electrons. The van der Waals surface area contributed by atoms with Crippen LogP contribution < -0.4 is 10.6 Å². The number of aromatic nitrogens is 2. The average Bonchev–Trinajstić information content (AvgIpc) is 2.38. The van der Waals surface area contributed by atoms with Crippen LogP contribution in [-0.4, -0.2) is 16.5 Å². The number of anilines is 3. The summed E-state index contributed by atoms with van der Waals surface area (Å²) in [5, 5.41) is 6.13. The summed E-state index contributed by atoms with van der Waals surface area (Å²) in [6.45, 7) is 2.71. The Morgan fingerprint density at radius 2 is 2.05 bits per heavy atom. The van der Waals surface area contributed by atoms with Gasteiger partial charge in [-0.25, -0.2) is 9.37 Å². The van der Waals surface area contributed by atoms with Crippen molar-refractivity contribution in [2.75, 3.05) is 17.2 Å². The highest BCUT2D eigenvalue weighted by Gasteiger charge is 2.06. The highest BCUT2D eigenvalue weighted by Crippen LogP contribution is 2.26. The monoisotopic (exact) mass is 388 g/mol. The van der Waals surface area contributed by atoms with Crippen LogP contribution in [0.2, 0.25) is 0 Å². The van der Waals surface area contributed by atoms with Crippen LogP contribution >= 0.6 is 31.9 Å². The Hall–Kier alpha value is -1.21. The van der Waals surface area contributed by atoms with Gasteiger partial charge in [-0.1, -0.05) is 0 Å². The van der Waals surface area contributed by atoms with Crippen molar-refractivity contribution in [2.45, 2.75) is 6.92 Å². The van der Waals surface area contributed by atoms with Crippen molar-refractivity contribution in [1.29, 1.82) is 0 Å². The third-order valence-corrected chi connectivity index (χ3v) is 3.45. The summed E-state index contributed by atoms with van der Waals surface area (Å²) in [6.07, 6.45) is 1.66. The predicted molar refractivity (Wildman–Crippen MR) is 81.3 cm³/mol. The summed E-state index contributed by atoms with van der Waals surface area (Å²) in [5.41, 5.74) is 0.732. The molecule has 0 bridgehead atoms. The molecule has 0 aliphatic carbocycles. The molecule has 1 aromatic heterocycles. The molecule has 0 amide bonds. The minimum absolute atomic E-state index is 0.305. The molecule has 0 atom stereocenters. The molecule has 7 heteroatoms. The van der Waals surface area contributed by atoms with Crippen LogP contribution in [0.25, 0.3) is 0 Å². The Morgan fingerprint density at radius 3 is 2.74 bits per heavy atom. The molecule has 0 radical (unpaired) electrons. The molecule has 2 N–H and O–H groups in total. The number of hydrogen-bond acceptors (Lipinski definition) is 4. The molecule has 0 fully saturated rings. The smallest absolute Gasteiger partial charge is 0.224 e. The van der Waals surface area contributed by atoms with Crippen LogP contribution in [0.5, 0.6) is 0 Å². The highest BCUT2D eigenvalue weighted by molar-refractivity contribution is 9.10. The van der Waals surface area contributed by atoms with E-state index < -0.39 is 0 Å². The van der Waals surface area contributed by atoms with Crippen LogP contribution in [-0.2, 0) is 0 Å². The van der Waals surface area contributed by atoms with Crippen molar-refractivity contribution in [1.82, 2.24) is 9.97 Å². The van der Waals surface area contributed by atoms with Gasteiger partial charge >= 0.3 is 0 Å². The minimum Gasteiger partial charge on any atom is -0.354 e. The maximum Gasteiger partial charge on any atom is 0.224 e. The molecule has 2 rings (SSSR count). The number of benzene rings is 1. The van der Waals surface area contributed by atoms with Crippen LogP contribution in [0.15, 0.2) is 33.3 Å². The van der Waals surface area contributed by atoms with Gasteiger partial charge in [0.1, 0.15) is 11.6 Å². The first kappa shape index (κ1) is 14.2. The van der Waals surface area contributed by atoms with E-state index in [-0.39, 0.29) is 5.82 Å². The van der Waals surface area contributed by atoms with Gasteiger partial charge in [-0.15, -0.1) is 0 Å². The number of halogens is 3. The SMILES string of the molecule is CCNc1ncc(Br)c(Nc2ccc(F)c(Br)c2)n1. The molecule has 1 heterocycles. The van der Waals surface area contributed by atoms with Crippen molar-refractivity contribution in [3.63, 3.8) is 0 Å². The summed E-state index contributed by atoms with van der Waals surface area (Å²) in [7, 11) is 0. The summed E-state index contributed by atoms with van der Waals surface area (Å²) >= 11 is 6.52. The second kappa shape index (κ2) is 6.29. The zero-order valence-electron chi connectivity index (χ0n) is 10.0. The van der Waals surface area contributed by atoms with Gasteiger partial charge in [0, 0.05) is 18.4 Å². The highest BCUT2D eigenvalue weighted by atomic mass is 79.9. The van der Waals surface area contributed by atoms with Gasteiger partial charge in [-0.05, 0) is 57.0 Å². The molecule has 4 nitrogen and oxygen atoms in total. The largest absolute Gasteiger partial charge is 0.354 e. The lowest BCUT2D eigenvalue weighted by atomic mass is 10.3. The second-order valence-electron chi connectivity index (χ2n) is 3.67. The molecule has 19 heavy (non-hydrogen) atoms. The van der Waals surface area contributed by atoms with E-state index in [1.165, 1.54) is 6.07 Å². The van der Waals surface area contributed by atoms with Gasteiger partial charge in [0.15, 0.2) is 0 Å². The van der Waals surface area contributed by atoms with E-state index in [0.717, 1.165) is 16.7 Å². The van der Waals surface area contributed by atoms with Crippen molar-refractivity contribution >= 4 is 49.3 Å². The van der Waals surface area contributed by atoms with Gasteiger partial charge in [0.2, 0.25) is 5.95 Å². The number of nitrogens with zero attached hydrogens (tertiary/aromatic N) is 2. The van der Waals surface area contributed by atoms with E-state index >= 15 is 0 Å². The van der Waals surface area contributed by atoms with E-state index in [4.69, 9.17) is 0 Å². The van der Waals surface area contributed by atoms with E-state index in [9.17, 15) is 4.39 Å². The molecule has 0 aliphatic rings. The van der Waals surface area contributed by atoms with Crippen LogP contribution in [0.4, 0.5) is 21.8 Å². The third-order valence-electron chi connectivity index (χ3n) is 2.26. The van der Waals surface area contributed by atoms with Crippen LogP contribution in [0.1, 0.15) is 6.92 Å². The van der Waals surface area contributed by atoms with Gasteiger partial charge in [-0.3, -0.25) is 0 Å². The first-order chi connectivity index (χ1) is 9.10. The zero-order valence-corrected chi connectivity index (χ0v) is 13.2. The van der Waals surface area contributed by atoms with Crippen molar-refractivity contribution < 1.29 is 4.39 Å². The Bertz CT molecular complexity index is 592. The predicted octanol–water partition coefficient (Wildman–Crippen LogP) is 4.32. The van der Waals surface area contributed by atoms with Gasteiger partial charge in [0.25, 0.3) is 0 Å². The molecular weight excluding hydrogens is 379 g/mol. The fraction of sp³-hybridized carbons (Fsp3) is 0.167. The van der Waals surface area contributed by atoms with Crippen molar-refractivity contribution in [3.8, 4) is 0 Å². The first-order valence-corrected chi connectivity index (χ1v) is 7.17. The topological polar surface area (TPSA) is 49.8 Å². The van der Waals surface area contributed by atoms with E-state index in [0.29, 0.717) is 16.2 Å². The van der Waals surface area contributed by atoms with Gasteiger partial charge < -0.3 is 10.6 Å². The van der Waals surface area contributed by atoms with E-state index in [2.05, 4.69) is 52.5 Å². The lowest BCUT2D eigenvalue weighted by molar-refractivity contribution is 0.621. The molecule has 0 saturated carbocycles. The lowest BCUT2D eigenvalue weighted by Crippen LogP contribution is -2.04. The molecule has 1 aromatic carbocycles. The normalized spacial score (nSPS) is 10.3. The first-order valence-electron chi connectivity index (χ1n) is 5.58. The van der Waals surface area contributed by atoms with Gasteiger partial charge in [-0.2, -0.15) is 4.98 Å². The summed E-state index contributed by atoms with van der Waals surface area (Å²) in [6, 6.07) is 4.67. The quantitative estimate of drug-likeness (QED) is 0.817. The maximum atomic E-state index is 13.2. The number of rotatable bonds is 4. The summed E-state index contributed by atoms with van der Waals surface area (Å²) < 4.78 is 14.3. The van der Waals surface area contributed by atoms with E-state index in [1.54, 1.807) is 18.3 Å². The molecule has 0 unspecified atom stereocenters. The Morgan fingerprint density at radius 1 is 1.26 bits per heavy atom. The second-order valence-corrected chi connectivity index (χ2v) is 5.38. The number of nitrogens with one attached hydrogen (secondary N) is 2. The van der Waals surface area contributed by atoms with Crippen molar-refractivity contribution in [3.05, 3.63) is 39.2 Å². The molecule has 2 aromatic rings. The summed E-state index contributed by atoms with van der Waals surface area (Å²) in [5.74, 6) is 0.847. The molecule has 0 saturated heterocycles. The molecular formula is C12H11Br2FN4. The average molecular weight is 390 g/mol. The Kier molecular flexibility index (Phi) is 4.71.